The number of amides is 1. The number of carboxylic acids is 1. The van der Waals surface area contributed by atoms with E-state index in [1.54, 1.807) is 12.1 Å². The lowest BCUT2D eigenvalue weighted by Gasteiger charge is -2.15. The third kappa shape index (κ3) is 4.53. The molecule has 4 nitrogen and oxygen atoms in total. The first-order chi connectivity index (χ1) is 9.47. The van der Waals surface area contributed by atoms with Gasteiger partial charge in [-0.1, -0.05) is 19.9 Å². The Morgan fingerprint density at radius 3 is 2.50 bits per heavy atom. The fourth-order valence-electron chi connectivity index (χ4n) is 1.88. The molecule has 20 heavy (non-hydrogen) atoms. The molecule has 0 aliphatic rings. The van der Waals surface area contributed by atoms with Gasteiger partial charge in [-0.2, -0.15) is 0 Å². The molecule has 1 aromatic rings. The van der Waals surface area contributed by atoms with Crippen LogP contribution in [0.25, 0.3) is 6.08 Å². The smallest absolute Gasteiger partial charge is 0.328 e. The highest BCUT2D eigenvalue weighted by Crippen LogP contribution is 2.13. The molecule has 0 spiro atoms. The summed E-state index contributed by atoms with van der Waals surface area (Å²) in [5.74, 6) is -1.13. The summed E-state index contributed by atoms with van der Waals surface area (Å²) in [5, 5.41) is 11.6. The molecular weight excluding hydrogens is 254 g/mol. The molecule has 0 aromatic heterocycles. The van der Waals surface area contributed by atoms with Crippen molar-refractivity contribution < 1.29 is 14.7 Å². The lowest BCUT2D eigenvalue weighted by atomic mass is 10.0. The van der Waals surface area contributed by atoms with Gasteiger partial charge in [0, 0.05) is 17.7 Å². The van der Waals surface area contributed by atoms with Gasteiger partial charge >= 0.3 is 5.97 Å². The highest BCUT2D eigenvalue weighted by molar-refractivity contribution is 5.95. The minimum absolute atomic E-state index is 0.122. The Labute approximate surface area is 119 Å². The second-order valence-corrected chi connectivity index (χ2v) is 4.73. The standard InChI is InChI=1S/C16H21NO3/c1-4-14(5-2)17-16(20)13-7-6-11(3)12(10-13)8-9-15(18)19/h6-10,14H,4-5H2,1-3H3,(H,17,20)(H,18,19)/b9-8+. The van der Waals surface area contributed by atoms with Crippen LogP contribution in [0.5, 0.6) is 0 Å². The Kier molecular flexibility index (Phi) is 5.97. The Hall–Kier alpha value is -2.10. The second-order valence-electron chi connectivity index (χ2n) is 4.73. The van der Waals surface area contributed by atoms with Crippen molar-refractivity contribution in [3.63, 3.8) is 0 Å². The van der Waals surface area contributed by atoms with Gasteiger partial charge in [0.2, 0.25) is 0 Å². The van der Waals surface area contributed by atoms with Gasteiger partial charge in [0.05, 0.1) is 0 Å². The predicted molar refractivity (Wildman–Crippen MR) is 79.7 cm³/mol. The molecule has 1 rings (SSSR count). The molecule has 4 heteroatoms. The Morgan fingerprint density at radius 2 is 1.95 bits per heavy atom. The largest absolute Gasteiger partial charge is 0.478 e. The average Bonchev–Trinajstić information content (AvgIpc) is 2.43. The summed E-state index contributed by atoms with van der Waals surface area (Å²) in [6, 6.07) is 5.46. The van der Waals surface area contributed by atoms with E-state index in [4.69, 9.17) is 5.11 Å². The molecular formula is C16H21NO3. The molecule has 0 heterocycles. The normalized spacial score (nSPS) is 11.0. The number of hydrogen-bond donors (Lipinski definition) is 2. The molecule has 0 aliphatic heterocycles. The molecule has 0 atom stereocenters. The highest BCUT2D eigenvalue weighted by atomic mass is 16.4. The number of nitrogens with one attached hydrogen (secondary N) is 1. The van der Waals surface area contributed by atoms with Crippen molar-refractivity contribution in [2.45, 2.75) is 39.7 Å². The first-order valence-corrected chi connectivity index (χ1v) is 6.80. The van der Waals surface area contributed by atoms with Gasteiger partial charge < -0.3 is 10.4 Å². The van der Waals surface area contributed by atoms with Gasteiger partial charge in [0.25, 0.3) is 5.91 Å². The summed E-state index contributed by atoms with van der Waals surface area (Å²) in [4.78, 5) is 22.7. The first-order valence-electron chi connectivity index (χ1n) is 6.80. The maximum Gasteiger partial charge on any atom is 0.328 e. The molecule has 0 bridgehead atoms. The SMILES string of the molecule is CCC(CC)NC(=O)c1ccc(C)c(/C=C/C(=O)O)c1. The summed E-state index contributed by atoms with van der Waals surface area (Å²) in [5.41, 5.74) is 2.22. The summed E-state index contributed by atoms with van der Waals surface area (Å²) in [7, 11) is 0. The highest BCUT2D eigenvalue weighted by Gasteiger charge is 2.11. The van der Waals surface area contributed by atoms with Gasteiger partial charge in [0.1, 0.15) is 0 Å². The van der Waals surface area contributed by atoms with Crippen LogP contribution in [-0.2, 0) is 4.79 Å². The van der Waals surface area contributed by atoms with Crippen molar-refractivity contribution in [2.24, 2.45) is 0 Å². The Balaban J connectivity index is 2.94. The van der Waals surface area contributed by atoms with Crippen LogP contribution in [0.2, 0.25) is 0 Å². The van der Waals surface area contributed by atoms with E-state index >= 15 is 0 Å². The maximum absolute atomic E-state index is 12.1. The number of carbonyl (C=O) groups is 2. The van der Waals surface area contributed by atoms with E-state index in [1.807, 2.05) is 26.8 Å². The van der Waals surface area contributed by atoms with Gasteiger partial charge in [-0.15, -0.1) is 0 Å². The molecule has 0 radical (unpaired) electrons. The molecule has 2 N–H and O–H groups in total. The van der Waals surface area contributed by atoms with Crippen molar-refractivity contribution in [1.82, 2.24) is 5.32 Å². The molecule has 0 unspecified atom stereocenters. The number of carbonyl (C=O) groups excluding carboxylic acids is 1. The van der Waals surface area contributed by atoms with Crippen molar-refractivity contribution >= 4 is 18.0 Å². The van der Waals surface area contributed by atoms with Crippen LogP contribution in [0.1, 0.15) is 48.2 Å². The minimum atomic E-state index is -1.00. The lowest BCUT2D eigenvalue weighted by molar-refractivity contribution is -0.131. The zero-order chi connectivity index (χ0) is 15.1. The average molecular weight is 275 g/mol. The van der Waals surface area contributed by atoms with E-state index in [0.29, 0.717) is 5.56 Å². The monoisotopic (exact) mass is 275 g/mol. The fourth-order valence-corrected chi connectivity index (χ4v) is 1.88. The van der Waals surface area contributed by atoms with Crippen molar-refractivity contribution in [2.75, 3.05) is 0 Å². The molecule has 0 saturated heterocycles. The van der Waals surface area contributed by atoms with Crippen LogP contribution in [0.15, 0.2) is 24.3 Å². The number of benzene rings is 1. The van der Waals surface area contributed by atoms with Crippen molar-refractivity contribution in [3.8, 4) is 0 Å². The van der Waals surface area contributed by atoms with E-state index in [1.165, 1.54) is 6.08 Å². The number of rotatable bonds is 6. The Bertz CT molecular complexity index is 516. The van der Waals surface area contributed by atoms with Gasteiger partial charge in [-0.05, 0) is 49.1 Å². The van der Waals surface area contributed by atoms with Crippen LogP contribution in [0, 0.1) is 6.92 Å². The number of hydrogen-bond acceptors (Lipinski definition) is 2. The van der Waals surface area contributed by atoms with E-state index in [2.05, 4.69) is 5.32 Å². The molecule has 108 valence electrons. The molecule has 0 fully saturated rings. The third-order valence-corrected chi connectivity index (χ3v) is 3.27. The minimum Gasteiger partial charge on any atom is -0.478 e. The predicted octanol–water partition coefficient (Wildman–Crippen LogP) is 3.01. The quantitative estimate of drug-likeness (QED) is 0.784. The number of carboxylic acid groups (broad SMARTS) is 1. The first kappa shape index (κ1) is 16.0. The third-order valence-electron chi connectivity index (χ3n) is 3.27. The van der Waals surface area contributed by atoms with Crippen LogP contribution in [0.4, 0.5) is 0 Å². The van der Waals surface area contributed by atoms with E-state index < -0.39 is 5.97 Å². The van der Waals surface area contributed by atoms with Crippen LogP contribution < -0.4 is 5.32 Å². The van der Waals surface area contributed by atoms with Gasteiger partial charge in [0.15, 0.2) is 0 Å². The zero-order valence-electron chi connectivity index (χ0n) is 12.1. The molecule has 1 amide bonds. The molecule has 0 aliphatic carbocycles. The van der Waals surface area contributed by atoms with Gasteiger partial charge in [-0.25, -0.2) is 4.79 Å². The van der Waals surface area contributed by atoms with E-state index in [0.717, 1.165) is 30.0 Å². The van der Waals surface area contributed by atoms with Crippen molar-refractivity contribution in [1.29, 1.82) is 0 Å². The van der Waals surface area contributed by atoms with E-state index in [9.17, 15) is 9.59 Å². The second kappa shape index (κ2) is 7.48. The van der Waals surface area contributed by atoms with Gasteiger partial charge in [-0.3, -0.25) is 4.79 Å². The topological polar surface area (TPSA) is 66.4 Å². The summed E-state index contributed by atoms with van der Waals surface area (Å²) >= 11 is 0. The summed E-state index contributed by atoms with van der Waals surface area (Å²) in [6.45, 7) is 5.94. The number of aryl methyl sites for hydroxylation is 1. The summed E-state index contributed by atoms with van der Waals surface area (Å²) in [6.07, 6.45) is 4.36. The molecule has 1 aromatic carbocycles. The number of aliphatic carboxylic acids is 1. The Morgan fingerprint density at radius 1 is 1.30 bits per heavy atom. The van der Waals surface area contributed by atoms with Crippen molar-refractivity contribution in [3.05, 3.63) is 41.0 Å². The maximum atomic E-state index is 12.1. The lowest BCUT2D eigenvalue weighted by Crippen LogP contribution is -2.33. The van der Waals surface area contributed by atoms with Crippen LogP contribution in [-0.4, -0.2) is 23.0 Å². The fraction of sp³-hybridized carbons (Fsp3) is 0.375. The van der Waals surface area contributed by atoms with E-state index in [-0.39, 0.29) is 11.9 Å². The zero-order valence-corrected chi connectivity index (χ0v) is 12.1. The van der Waals surface area contributed by atoms with Crippen LogP contribution >= 0.6 is 0 Å². The summed E-state index contributed by atoms with van der Waals surface area (Å²) < 4.78 is 0. The molecule has 0 saturated carbocycles. The van der Waals surface area contributed by atoms with Crippen LogP contribution in [0.3, 0.4) is 0 Å².